The number of hydrogen-bond acceptors (Lipinski definition) is 7. The van der Waals surface area contributed by atoms with Crippen LogP contribution in [0.3, 0.4) is 0 Å². The molecule has 1 fully saturated rings. The number of likely N-dealkylation sites (tertiary alicyclic amines) is 1. The van der Waals surface area contributed by atoms with Crippen LogP contribution in [-0.4, -0.2) is 61.1 Å². The van der Waals surface area contributed by atoms with Gasteiger partial charge in [-0.2, -0.15) is 4.31 Å². The summed E-state index contributed by atoms with van der Waals surface area (Å²) in [7, 11) is -3.85. The van der Waals surface area contributed by atoms with Crippen molar-refractivity contribution in [3.63, 3.8) is 0 Å². The Morgan fingerprint density at radius 3 is 2.46 bits per heavy atom. The molecule has 1 aromatic heterocycles. The third-order valence-electron chi connectivity index (χ3n) is 6.17. The SMILES string of the molecule is CC(=O)OC1N(C(=O)OC(C)(C)C)CCC12CN(S(=O)(=O)c1ccccc1)CC=C2c1ccoc1. The Labute approximate surface area is 205 Å². The fraction of sp³-hybridized carbons (Fsp3) is 0.440. The Balaban J connectivity index is 1.80. The number of carbonyl (C=O) groups excluding carboxylic acids is 2. The molecule has 2 aliphatic heterocycles. The molecule has 2 atom stereocenters. The summed E-state index contributed by atoms with van der Waals surface area (Å²) in [5.74, 6) is -0.584. The zero-order chi connectivity index (χ0) is 25.4. The van der Waals surface area contributed by atoms with Crippen molar-refractivity contribution in [2.45, 2.75) is 50.8 Å². The molecule has 9 nitrogen and oxygen atoms in total. The fourth-order valence-corrected chi connectivity index (χ4v) is 6.20. The fourth-order valence-electron chi connectivity index (χ4n) is 4.73. The molecular weight excluding hydrogens is 472 g/mol. The minimum Gasteiger partial charge on any atom is -0.472 e. The molecule has 0 aliphatic carbocycles. The van der Waals surface area contributed by atoms with Gasteiger partial charge in [0.05, 0.1) is 22.8 Å². The number of ether oxygens (including phenoxy) is 2. The minimum atomic E-state index is -3.85. The second-order valence-electron chi connectivity index (χ2n) is 9.78. The van der Waals surface area contributed by atoms with E-state index in [-0.39, 0.29) is 24.5 Å². The monoisotopic (exact) mass is 502 g/mol. The van der Waals surface area contributed by atoms with E-state index < -0.39 is 39.3 Å². The smallest absolute Gasteiger partial charge is 0.413 e. The molecule has 1 aromatic carbocycles. The van der Waals surface area contributed by atoms with Gasteiger partial charge in [0.2, 0.25) is 10.0 Å². The summed E-state index contributed by atoms with van der Waals surface area (Å²) in [5, 5.41) is 0. The lowest BCUT2D eigenvalue weighted by atomic mass is 9.73. The number of furan rings is 1. The highest BCUT2D eigenvalue weighted by Gasteiger charge is 2.57. The molecule has 3 heterocycles. The van der Waals surface area contributed by atoms with Gasteiger partial charge in [-0.1, -0.05) is 24.3 Å². The molecule has 0 radical (unpaired) electrons. The van der Waals surface area contributed by atoms with Crippen LogP contribution in [0.5, 0.6) is 0 Å². The molecule has 188 valence electrons. The molecule has 1 amide bonds. The van der Waals surface area contributed by atoms with E-state index in [0.29, 0.717) is 6.42 Å². The van der Waals surface area contributed by atoms with Gasteiger partial charge in [-0.25, -0.2) is 13.2 Å². The molecule has 2 aliphatic rings. The van der Waals surface area contributed by atoms with Crippen LogP contribution in [0.2, 0.25) is 0 Å². The lowest BCUT2D eigenvalue weighted by molar-refractivity contribution is -0.159. The lowest BCUT2D eigenvalue weighted by Crippen LogP contribution is -2.54. The minimum absolute atomic E-state index is 0.0124. The van der Waals surface area contributed by atoms with Crippen LogP contribution in [0.1, 0.15) is 39.7 Å². The zero-order valence-corrected chi connectivity index (χ0v) is 21.1. The predicted molar refractivity (Wildman–Crippen MR) is 127 cm³/mol. The summed E-state index contributed by atoms with van der Waals surface area (Å²) < 4.78 is 45.0. The highest BCUT2D eigenvalue weighted by atomic mass is 32.2. The normalized spacial score (nSPS) is 23.3. The van der Waals surface area contributed by atoms with Gasteiger partial charge in [0, 0.05) is 32.1 Å². The van der Waals surface area contributed by atoms with Crippen LogP contribution in [0.15, 0.2) is 64.3 Å². The van der Waals surface area contributed by atoms with E-state index in [1.165, 1.54) is 22.4 Å². The van der Waals surface area contributed by atoms with Gasteiger partial charge in [-0.3, -0.25) is 9.69 Å². The van der Waals surface area contributed by atoms with Crippen LogP contribution in [0.4, 0.5) is 4.79 Å². The second-order valence-corrected chi connectivity index (χ2v) is 11.7. The molecule has 1 spiro atoms. The lowest BCUT2D eigenvalue weighted by Gasteiger charge is -2.44. The number of benzene rings is 1. The Morgan fingerprint density at radius 2 is 1.86 bits per heavy atom. The van der Waals surface area contributed by atoms with Gasteiger partial charge in [0.15, 0.2) is 6.23 Å². The standard InChI is InChI=1S/C25H30N2O7S/c1-18(28)33-22-25(12-14-27(22)23(29)34-24(2,3)4)17-26(13-10-21(25)19-11-15-32-16-19)35(30,31)20-8-6-5-7-9-20/h5-11,15-16,22H,12-14,17H2,1-4H3. The quantitative estimate of drug-likeness (QED) is 0.584. The van der Waals surface area contributed by atoms with E-state index in [1.54, 1.807) is 63.4 Å². The van der Waals surface area contributed by atoms with Gasteiger partial charge in [0.25, 0.3) is 0 Å². The van der Waals surface area contributed by atoms with Crippen molar-refractivity contribution >= 4 is 27.7 Å². The van der Waals surface area contributed by atoms with Crippen molar-refractivity contribution in [1.82, 2.24) is 9.21 Å². The van der Waals surface area contributed by atoms with Gasteiger partial charge >= 0.3 is 12.1 Å². The summed E-state index contributed by atoms with van der Waals surface area (Å²) in [6.45, 7) is 6.88. The van der Waals surface area contributed by atoms with Crippen LogP contribution < -0.4 is 0 Å². The molecule has 35 heavy (non-hydrogen) atoms. The van der Waals surface area contributed by atoms with Crippen molar-refractivity contribution in [1.29, 1.82) is 0 Å². The van der Waals surface area contributed by atoms with Crippen LogP contribution in [0, 0.1) is 5.41 Å². The van der Waals surface area contributed by atoms with E-state index in [9.17, 15) is 18.0 Å². The highest BCUT2D eigenvalue weighted by Crippen LogP contribution is 2.51. The maximum Gasteiger partial charge on any atom is 0.413 e. The summed E-state index contributed by atoms with van der Waals surface area (Å²) in [6.07, 6.45) is 3.57. The van der Waals surface area contributed by atoms with Gasteiger partial charge in [-0.05, 0) is 51.0 Å². The largest absolute Gasteiger partial charge is 0.472 e. The maximum absolute atomic E-state index is 13.5. The first-order chi connectivity index (χ1) is 16.4. The van der Waals surface area contributed by atoms with E-state index >= 15 is 0 Å². The van der Waals surface area contributed by atoms with E-state index in [2.05, 4.69) is 0 Å². The van der Waals surface area contributed by atoms with Crippen molar-refractivity contribution < 1.29 is 31.9 Å². The number of rotatable bonds is 4. The van der Waals surface area contributed by atoms with E-state index in [1.807, 2.05) is 6.08 Å². The van der Waals surface area contributed by atoms with Crippen molar-refractivity contribution in [2.75, 3.05) is 19.6 Å². The Hall–Kier alpha value is -3.11. The third-order valence-corrected chi connectivity index (χ3v) is 7.99. The first-order valence-electron chi connectivity index (χ1n) is 11.4. The zero-order valence-electron chi connectivity index (χ0n) is 20.3. The Morgan fingerprint density at radius 1 is 1.14 bits per heavy atom. The third kappa shape index (κ3) is 4.85. The van der Waals surface area contributed by atoms with Crippen LogP contribution in [0.25, 0.3) is 5.57 Å². The second kappa shape index (κ2) is 9.16. The van der Waals surface area contributed by atoms with Crippen molar-refractivity contribution in [3.05, 3.63) is 60.6 Å². The molecular formula is C25H30N2O7S. The topological polar surface area (TPSA) is 106 Å². The average Bonchev–Trinajstić information content (AvgIpc) is 3.43. The van der Waals surface area contributed by atoms with Crippen LogP contribution in [-0.2, 0) is 24.3 Å². The summed E-state index contributed by atoms with van der Waals surface area (Å²) in [5.41, 5.74) is -0.272. The first kappa shape index (κ1) is 25.0. The average molecular weight is 503 g/mol. The van der Waals surface area contributed by atoms with Gasteiger partial charge in [0.1, 0.15) is 5.60 Å². The highest BCUT2D eigenvalue weighted by molar-refractivity contribution is 7.89. The summed E-state index contributed by atoms with van der Waals surface area (Å²) >= 11 is 0. The molecule has 2 unspecified atom stereocenters. The number of esters is 1. The molecule has 10 heteroatoms. The number of amides is 1. The van der Waals surface area contributed by atoms with Gasteiger partial charge in [-0.15, -0.1) is 0 Å². The maximum atomic E-state index is 13.5. The molecule has 1 saturated heterocycles. The molecule has 0 bridgehead atoms. The van der Waals surface area contributed by atoms with E-state index in [0.717, 1.165) is 11.1 Å². The summed E-state index contributed by atoms with van der Waals surface area (Å²) in [6, 6.07) is 9.95. The molecule has 0 N–H and O–H groups in total. The number of hydrogen-bond donors (Lipinski definition) is 0. The number of carbonyl (C=O) groups is 2. The van der Waals surface area contributed by atoms with Crippen molar-refractivity contribution in [3.8, 4) is 0 Å². The number of nitrogens with zero attached hydrogens (tertiary/aromatic N) is 2. The predicted octanol–water partition coefficient (Wildman–Crippen LogP) is 3.88. The Bertz CT molecular complexity index is 1220. The van der Waals surface area contributed by atoms with Gasteiger partial charge < -0.3 is 13.9 Å². The molecule has 0 saturated carbocycles. The van der Waals surface area contributed by atoms with Crippen LogP contribution >= 0.6 is 0 Å². The molecule has 2 aromatic rings. The number of sulfonamides is 1. The Kier molecular flexibility index (Phi) is 6.54. The molecule has 4 rings (SSSR count). The van der Waals surface area contributed by atoms with E-state index in [4.69, 9.17) is 13.9 Å². The van der Waals surface area contributed by atoms with Crippen molar-refractivity contribution in [2.24, 2.45) is 5.41 Å². The summed E-state index contributed by atoms with van der Waals surface area (Å²) in [4.78, 5) is 26.9. The first-order valence-corrected chi connectivity index (χ1v) is 12.8.